The molecule has 152 valence electrons. The Bertz CT molecular complexity index is 1080. The molecule has 3 rings (SSSR count). The number of anilines is 2. The number of rotatable bonds is 6. The molecule has 3 aromatic carbocycles. The van der Waals surface area contributed by atoms with Crippen molar-refractivity contribution in [2.24, 2.45) is 0 Å². The van der Waals surface area contributed by atoms with Crippen LogP contribution in [0.15, 0.2) is 77.7 Å². The minimum Gasteiger partial charge on any atom is -0.379 e. The number of nitrogens with one attached hydrogen (secondary N) is 2. The molecule has 4 nitrogen and oxygen atoms in total. The van der Waals surface area contributed by atoms with Crippen LogP contribution in [0, 0.1) is 6.92 Å². The van der Waals surface area contributed by atoms with Crippen molar-refractivity contribution in [1.29, 1.82) is 0 Å². The molecule has 0 fully saturated rings. The van der Waals surface area contributed by atoms with Gasteiger partial charge in [-0.2, -0.15) is 13.2 Å². The lowest BCUT2D eigenvalue weighted by atomic mass is 10.1. The van der Waals surface area contributed by atoms with E-state index >= 15 is 0 Å². The van der Waals surface area contributed by atoms with Gasteiger partial charge >= 0.3 is 6.18 Å². The lowest BCUT2D eigenvalue weighted by molar-refractivity contribution is -0.137. The molecule has 0 aromatic heterocycles. The molecule has 0 saturated heterocycles. The first kappa shape index (κ1) is 20.7. The summed E-state index contributed by atoms with van der Waals surface area (Å²) in [6, 6.07) is 18.0. The molecule has 0 bridgehead atoms. The molecular weight excluding hydrogens is 401 g/mol. The summed E-state index contributed by atoms with van der Waals surface area (Å²) >= 11 is 0. The number of benzene rings is 3. The fourth-order valence-electron chi connectivity index (χ4n) is 2.66. The van der Waals surface area contributed by atoms with Gasteiger partial charge in [0.25, 0.3) is 10.0 Å². The van der Waals surface area contributed by atoms with Gasteiger partial charge in [-0.1, -0.05) is 48.0 Å². The van der Waals surface area contributed by atoms with Gasteiger partial charge in [0.2, 0.25) is 0 Å². The van der Waals surface area contributed by atoms with Crippen LogP contribution in [0.1, 0.15) is 16.7 Å². The predicted molar refractivity (Wildman–Crippen MR) is 107 cm³/mol. The second kappa shape index (κ2) is 8.16. The zero-order valence-electron chi connectivity index (χ0n) is 15.5. The lowest BCUT2D eigenvalue weighted by Crippen LogP contribution is -2.15. The molecule has 0 spiro atoms. The number of aryl methyl sites for hydroxylation is 1. The van der Waals surface area contributed by atoms with Crippen LogP contribution in [0.3, 0.4) is 0 Å². The smallest absolute Gasteiger partial charge is 0.379 e. The Morgan fingerprint density at radius 2 is 1.52 bits per heavy atom. The van der Waals surface area contributed by atoms with E-state index in [1.54, 1.807) is 18.2 Å². The normalized spacial score (nSPS) is 11.9. The summed E-state index contributed by atoms with van der Waals surface area (Å²) in [6.07, 6.45) is -4.54. The van der Waals surface area contributed by atoms with Crippen LogP contribution in [-0.2, 0) is 22.7 Å². The van der Waals surface area contributed by atoms with E-state index in [1.807, 2.05) is 31.2 Å². The number of halogens is 3. The van der Waals surface area contributed by atoms with E-state index in [4.69, 9.17) is 0 Å². The fraction of sp³-hybridized carbons (Fsp3) is 0.143. The van der Waals surface area contributed by atoms with Gasteiger partial charge in [0, 0.05) is 6.54 Å². The third-order valence-electron chi connectivity index (χ3n) is 4.25. The molecular formula is C21H19F3N2O2S. The first-order valence-electron chi connectivity index (χ1n) is 8.74. The maximum atomic E-state index is 13.1. The summed E-state index contributed by atoms with van der Waals surface area (Å²) in [5, 5.41) is 2.91. The molecule has 0 aliphatic rings. The van der Waals surface area contributed by atoms with Gasteiger partial charge in [-0.25, -0.2) is 8.42 Å². The maximum absolute atomic E-state index is 13.1. The van der Waals surface area contributed by atoms with Crippen molar-refractivity contribution in [2.75, 3.05) is 10.0 Å². The molecule has 0 atom stereocenters. The van der Waals surface area contributed by atoms with Crippen molar-refractivity contribution in [2.45, 2.75) is 24.5 Å². The Morgan fingerprint density at radius 1 is 0.862 bits per heavy atom. The zero-order valence-corrected chi connectivity index (χ0v) is 16.3. The summed E-state index contributed by atoms with van der Waals surface area (Å²) in [5.74, 6) is 0. The van der Waals surface area contributed by atoms with E-state index in [0.29, 0.717) is 0 Å². The first-order chi connectivity index (χ1) is 13.6. The van der Waals surface area contributed by atoms with Crippen LogP contribution >= 0.6 is 0 Å². The standard InChI is InChI=1S/C21H19F3N2O2S/c1-15-7-9-16(10-8-15)14-25-20-13-17(21(22,23)24)11-12-19(20)26-29(27,28)18-5-3-2-4-6-18/h2-13,25-26H,14H2,1H3. The Kier molecular flexibility index (Phi) is 5.83. The highest BCUT2D eigenvalue weighted by atomic mass is 32.2. The highest BCUT2D eigenvalue weighted by Gasteiger charge is 2.31. The fourth-order valence-corrected chi connectivity index (χ4v) is 3.76. The van der Waals surface area contributed by atoms with Crippen molar-refractivity contribution >= 4 is 21.4 Å². The average molecular weight is 420 g/mol. The second-order valence-electron chi connectivity index (χ2n) is 6.52. The predicted octanol–water partition coefficient (Wildman–Crippen LogP) is 5.43. The van der Waals surface area contributed by atoms with Crippen molar-refractivity contribution in [3.05, 3.63) is 89.5 Å². The molecule has 8 heteroatoms. The van der Waals surface area contributed by atoms with Crippen LogP contribution < -0.4 is 10.0 Å². The molecule has 3 aromatic rings. The Balaban J connectivity index is 1.92. The van der Waals surface area contributed by atoms with E-state index in [-0.39, 0.29) is 22.8 Å². The summed E-state index contributed by atoms with van der Waals surface area (Å²) in [6.45, 7) is 2.17. The highest BCUT2D eigenvalue weighted by molar-refractivity contribution is 7.92. The van der Waals surface area contributed by atoms with E-state index in [9.17, 15) is 21.6 Å². The molecule has 0 radical (unpaired) electrons. The number of hydrogen-bond acceptors (Lipinski definition) is 3. The zero-order chi connectivity index (χ0) is 21.1. The molecule has 29 heavy (non-hydrogen) atoms. The summed E-state index contributed by atoms with van der Waals surface area (Å²) in [5.41, 5.74) is 1.12. The monoisotopic (exact) mass is 420 g/mol. The van der Waals surface area contributed by atoms with Gasteiger partial charge < -0.3 is 5.32 Å². The molecule has 0 unspecified atom stereocenters. The van der Waals surface area contributed by atoms with Crippen molar-refractivity contribution in [1.82, 2.24) is 0 Å². The number of alkyl halides is 3. The topological polar surface area (TPSA) is 58.2 Å². The lowest BCUT2D eigenvalue weighted by Gasteiger charge is -2.17. The van der Waals surface area contributed by atoms with Gasteiger partial charge in [0.15, 0.2) is 0 Å². The molecule has 0 saturated carbocycles. The minimum atomic E-state index is -4.54. The van der Waals surface area contributed by atoms with E-state index in [0.717, 1.165) is 29.3 Å². The van der Waals surface area contributed by atoms with Gasteiger partial charge in [0.05, 0.1) is 21.8 Å². The molecule has 2 N–H and O–H groups in total. The van der Waals surface area contributed by atoms with Gasteiger partial charge in [-0.05, 0) is 42.8 Å². The van der Waals surface area contributed by atoms with Gasteiger partial charge in [-0.3, -0.25) is 4.72 Å². The summed E-state index contributed by atoms with van der Waals surface area (Å²) < 4.78 is 67.0. The van der Waals surface area contributed by atoms with Crippen LogP contribution in [0.2, 0.25) is 0 Å². The Hall–Kier alpha value is -3.00. The van der Waals surface area contributed by atoms with Crippen LogP contribution in [0.5, 0.6) is 0 Å². The van der Waals surface area contributed by atoms with Crippen molar-refractivity contribution in [3.63, 3.8) is 0 Å². The number of hydrogen-bond donors (Lipinski definition) is 2. The van der Waals surface area contributed by atoms with Crippen molar-refractivity contribution < 1.29 is 21.6 Å². The first-order valence-corrected chi connectivity index (χ1v) is 10.2. The average Bonchev–Trinajstić information content (AvgIpc) is 2.68. The van der Waals surface area contributed by atoms with E-state index in [1.165, 1.54) is 12.1 Å². The number of sulfonamides is 1. The van der Waals surface area contributed by atoms with Gasteiger partial charge in [-0.15, -0.1) is 0 Å². The minimum absolute atomic E-state index is 0.0179. The Morgan fingerprint density at radius 3 is 2.14 bits per heavy atom. The quantitative estimate of drug-likeness (QED) is 0.559. The maximum Gasteiger partial charge on any atom is 0.416 e. The molecule has 0 aliphatic heterocycles. The largest absolute Gasteiger partial charge is 0.416 e. The van der Waals surface area contributed by atoms with E-state index in [2.05, 4.69) is 10.0 Å². The second-order valence-corrected chi connectivity index (χ2v) is 8.20. The summed E-state index contributed by atoms with van der Waals surface area (Å²) in [4.78, 5) is 0.0179. The van der Waals surface area contributed by atoms with E-state index < -0.39 is 21.8 Å². The Labute approximate surface area is 167 Å². The third kappa shape index (κ3) is 5.29. The SMILES string of the molecule is Cc1ccc(CNc2cc(C(F)(F)F)ccc2NS(=O)(=O)c2ccccc2)cc1. The van der Waals surface area contributed by atoms with Crippen molar-refractivity contribution in [3.8, 4) is 0 Å². The molecule has 0 amide bonds. The molecule has 0 heterocycles. The van der Waals surface area contributed by atoms with Crippen LogP contribution in [0.25, 0.3) is 0 Å². The highest BCUT2D eigenvalue weighted by Crippen LogP contribution is 2.35. The summed E-state index contributed by atoms with van der Waals surface area (Å²) in [7, 11) is -3.94. The van der Waals surface area contributed by atoms with Gasteiger partial charge in [0.1, 0.15) is 0 Å². The third-order valence-corrected chi connectivity index (χ3v) is 5.63. The molecule has 0 aliphatic carbocycles. The van der Waals surface area contributed by atoms with Crippen LogP contribution in [0.4, 0.5) is 24.5 Å². The van der Waals surface area contributed by atoms with Crippen LogP contribution in [-0.4, -0.2) is 8.42 Å².